The van der Waals surface area contributed by atoms with E-state index in [9.17, 15) is 0 Å². The lowest BCUT2D eigenvalue weighted by molar-refractivity contribution is 1.31. The zero-order valence-corrected chi connectivity index (χ0v) is 19.3. The Morgan fingerprint density at radius 1 is 0.800 bits per heavy atom. The largest absolute Gasteiger partial charge is 0.255 e. The van der Waals surface area contributed by atoms with E-state index in [1.807, 2.05) is 12.3 Å². The van der Waals surface area contributed by atoms with Crippen molar-refractivity contribution in [3.8, 4) is 21.8 Å². The van der Waals surface area contributed by atoms with Crippen molar-refractivity contribution >= 4 is 40.4 Å². The summed E-state index contributed by atoms with van der Waals surface area (Å²) in [6, 6.07) is 27.2. The van der Waals surface area contributed by atoms with E-state index < -0.39 is 8.07 Å². The third-order valence-corrected chi connectivity index (χ3v) is 7.86. The first kappa shape index (κ1) is 19.2. The van der Waals surface area contributed by atoms with E-state index in [4.69, 9.17) is 9.97 Å². The molecule has 0 unspecified atom stereocenters. The molecule has 5 aromatic rings. The van der Waals surface area contributed by atoms with Gasteiger partial charge in [0.15, 0.2) is 0 Å². The summed E-state index contributed by atoms with van der Waals surface area (Å²) in [5.74, 6) is 0. The Morgan fingerprint density at radius 2 is 1.53 bits per heavy atom. The predicted molar refractivity (Wildman–Crippen MR) is 133 cm³/mol. The number of hydrogen-bond acceptors (Lipinski definition) is 3. The first-order valence-corrected chi connectivity index (χ1v) is 14.8. The summed E-state index contributed by atoms with van der Waals surface area (Å²) in [6.07, 6.45) is 1.87. The summed E-state index contributed by atoms with van der Waals surface area (Å²) in [6.45, 7) is 7.24. The average Bonchev–Trinajstić information content (AvgIpc) is 3.17. The molecule has 0 aliphatic carbocycles. The summed E-state index contributed by atoms with van der Waals surface area (Å²) in [5, 5.41) is 3.54. The Hall–Kier alpha value is -2.82. The molecule has 3 aromatic carbocycles. The molecule has 0 atom stereocenters. The van der Waals surface area contributed by atoms with Crippen LogP contribution in [-0.2, 0) is 6.04 Å². The third-order valence-electron chi connectivity index (χ3n) is 5.26. The van der Waals surface area contributed by atoms with Crippen LogP contribution in [0.3, 0.4) is 0 Å². The van der Waals surface area contributed by atoms with Crippen molar-refractivity contribution in [2.45, 2.75) is 25.7 Å². The predicted octanol–water partition coefficient (Wildman–Crippen LogP) is 7.60. The molecular formula is C26H24N2SSi. The highest BCUT2D eigenvalue weighted by Crippen LogP contribution is 2.36. The zero-order chi connectivity index (χ0) is 20.7. The van der Waals surface area contributed by atoms with E-state index in [0.29, 0.717) is 0 Å². The molecule has 148 valence electrons. The van der Waals surface area contributed by atoms with Crippen molar-refractivity contribution < 1.29 is 0 Å². The highest BCUT2D eigenvalue weighted by Gasteiger charge is 2.15. The van der Waals surface area contributed by atoms with E-state index in [0.717, 1.165) is 26.5 Å². The topological polar surface area (TPSA) is 25.8 Å². The number of fused-ring (bicyclic) bond motifs is 2. The van der Waals surface area contributed by atoms with Crippen molar-refractivity contribution in [1.29, 1.82) is 0 Å². The molecule has 0 bridgehead atoms. The molecule has 2 heterocycles. The molecule has 0 aliphatic rings. The zero-order valence-electron chi connectivity index (χ0n) is 17.5. The van der Waals surface area contributed by atoms with Gasteiger partial charge in [-0.25, -0.2) is 4.98 Å². The Bertz CT molecular complexity index is 1350. The van der Waals surface area contributed by atoms with Crippen molar-refractivity contribution in [3.05, 3.63) is 84.6 Å². The molecule has 0 N–H and O–H groups in total. The van der Waals surface area contributed by atoms with Crippen LogP contribution >= 0.6 is 11.3 Å². The second-order valence-corrected chi connectivity index (χ2v) is 15.5. The average molecular weight is 425 g/mol. The summed E-state index contributed by atoms with van der Waals surface area (Å²) in [7, 11) is -1.11. The molecule has 2 aromatic heterocycles. The second-order valence-electron chi connectivity index (χ2n) is 9.02. The fourth-order valence-corrected chi connectivity index (χ4v) is 6.44. The smallest absolute Gasteiger partial charge is 0.124 e. The minimum Gasteiger partial charge on any atom is -0.255 e. The van der Waals surface area contributed by atoms with Crippen molar-refractivity contribution in [1.82, 2.24) is 9.97 Å². The van der Waals surface area contributed by atoms with Crippen LogP contribution in [0.1, 0.15) is 5.56 Å². The summed E-state index contributed by atoms with van der Waals surface area (Å²) >= 11 is 1.73. The van der Waals surface area contributed by atoms with Gasteiger partial charge in [0.2, 0.25) is 0 Å². The Balaban J connectivity index is 1.55. The van der Waals surface area contributed by atoms with Crippen molar-refractivity contribution in [3.63, 3.8) is 0 Å². The summed E-state index contributed by atoms with van der Waals surface area (Å²) < 4.78 is 1.15. The number of benzene rings is 3. The SMILES string of the molecule is C[Si](C)(C)Cc1ccc(-c2nc3ccnc(-c4ccc5ccccc5c4)c3s2)cc1. The number of pyridine rings is 1. The van der Waals surface area contributed by atoms with E-state index in [1.54, 1.807) is 11.3 Å². The number of nitrogens with zero attached hydrogens (tertiary/aromatic N) is 2. The van der Waals surface area contributed by atoms with E-state index in [1.165, 1.54) is 27.9 Å². The van der Waals surface area contributed by atoms with Gasteiger partial charge in [-0.15, -0.1) is 11.3 Å². The van der Waals surface area contributed by atoms with Crippen LogP contribution < -0.4 is 0 Å². The minimum absolute atomic E-state index is 1.01. The fraction of sp³-hybridized carbons (Fsp3) is 0.154. The number of aromatic nitrogens is 2. The minimum atomic E-state index is -1.11. The Kier molecular flexibility index (Phi) is 4.76. The molecule has 0 aliphatic heterocycles. The molecule has 30 heavy (non-hydrogen) atoms. The molecule has 0 radical (unpaired) electrons. The molecule has 0 saturated heterocycles. The van der Waals surface area contributed by atoms with Crippen LogP contribution in [0.25, 0.3) is 42.8 Å². The summed E-state index contributed by atoms with van der Waals surface area (Å²) in [5.41, 5.74) is 5.77. The quantitative estimate of drug-likeness (QED) is 0.278. The van der Waals surface area contributed by atoms with Crippen LogP contribution in [0.4, 0.5) is 0 Å². The first-order valence-electron chi connectivity index (χ1n) is 10.3. The number of hydrogen-bond donors (Lipinski definition) is 0. The van der Waals surface area contributed by atoms with Gasteiger partial charge in [0, 0.05) is 25.4 Å². The Morgan fingerprint density at radius 3 is 2.30 bits per heavy atom. The van der Waals surface area contributed by atoms with Gasteiger partial charge in [0.05, 0.1) is 15.9 Å². The second kappa shape index (κ2) is 7.46. The lowest BCUT2D eigenvalue weighted by atomic mass is 10.0. The van der Waals surface area contributed by atoms with Gasteiger partial charge in [-0.3, -0.25) is 4.98 Å². The summed E-state index contributed by atoms with van der Waals surface area (Å²) in [4.78, 5) is 9.64. The maximum atomic E-state index is 4.92. The monoisotopic (exact) mass is 424 g/mol. The molecule has 0 spiro atoms. The van der Waals surface area contributed by atoms with Crippen LogP contribution in [0.15, 0.2) is 79.0 Å². The Labute approximate surface area is 182 Å². The molecule has 5 rings (SSSR count). The van der Waals surface area contributed by atoms with Gasteiger partial charge in [-0.2, -0.15) is 0 Å². The molecule has 2 nitrogen and oxygen atoms in total. The highest BCUT2D eigenvalue weighted by molar-refractivity contribution is 7.22. The van der Waals surface area contributed by atoms with Crippen molar-refractivity contribution in [2.24, 2.45) is 0 Å². The molecule has 0 fully saturated rings. The standard InChI is InChI=1S/C26H24N2SSi/c1-30(2,3)17-18-8-10-20(11-9-18)26-28-23-14-15-27-24(25(23)29-26)22-13-12-19-6-4-5-7-21(19)16-22/h4-16H,17H2,1-3H3. The van der Waals surface area contributed by atoms with Crippen LogP contribution in [0.2, 0.25) is 19.6 Å². The first-order chi connectivity index (χ1) is 14.5. The van der Waals surface area contributed by atoms with E-state index in [2.05, 4.69) is 86.4 Å². The van der Waals surface area contributed by atoms with Crippen LogP contribution in [0, 0.1) is 0 Å². The van der Waals surface area contributed by atoms with Crippen molar-refractivity contribution in [2.75, 3.05) is 0 Å². The highest BCUT2D eigenvalue weighted by atomic mass is 32.1. The maximum Gasteiger partial charge on any atom is 0.124 e. The maximum absolute atomic E-state index is 4.92. The molecular weight excluding hydrogens is 400 g/mol. The van der Waals surface area contributed by atoms with Gasteiger partial charge in [0.1, 0.15) is 5.01 Å². The lowest BCUT2D eigenvalue weighted by Gasteiger charge is -2.15. The van der Waals surface area contributed by atoms with Gasteiger partial charge in [0.25, 0.3) is 0 Å². The third kappa shape index (κ3) is 3.81. The van der Waals surface area contributed by atoms with Gasteiger partial charge >= 0.3 is 0 Å². The number of rotatable bonds is 4. The van der Waals surface area contributed by atoms with Gasteiger partial charge in [-0.1, -0.05) is 85.9 Å². The fourth-order valence-electron chi connectivity index (χ4n) is 3.90. The van der Waals surface area contributed by atoms with Crippen LogP contribution in [-0.4, -0.2) is 18.0 Å². The molecule has 0 amide bonds. The molecule has 4 heteroatoms. The van der Waals surface area contributed by atoms with Crippen LogP contribution in [0.5, 0.6) is 0 Å². The van der Waals surface area contributed by atoms with Gasteiger partial charge in [-0.05, 0) is 28.9 Å². The number of thiazole rings is 1. The lowest BCUT2D eigenvalue weighted by Crippen LogP contribution is -2.23. The van der Waals surface area contributed by atoms with E-state index in [-0.39, 0.29) is 0 Å². The normalized spacial score (nSPS) is 12.0. The van der Waals surface area contributed by atoms with E-state index >= 15 is 0 Å². The molecule has 0 saturated carbocycles. The van der Waals surface area contributed by atoms with Gasteiger partial charge < -0.3 is 0 Å².